The number of carbonyl (C=O) groups excluding carboxylic acids is 2. The van der Waals surface area contributed by atoms with Gasteiger partial charge in [-0.15, -0.1) is 0 Å². The van der Waals surface area contributed by atoms with Gasteiger partial charge < -0.3 is 15.0 Å². The van der Waals surface area contributed by atoms with Crippen LogP contribution in [0.15, 0.2) is 0 Å². The number of H-pyrrole nitrogens is 1. The zero-order chi connectivity index (χ0) is 16.2. The molecule has 0 aliphatic rings. The fourth-order valence-electron chi connectivity index (χ4n) is 2.31. The molecule has 2 N–H and O–H groups in total. The third-order valence-corrected chi connectivity index (χ3v) is 3.53. The summed E-state index contributed by atoms with van der Waals surface area (Å²) in [6.45, 7) is 11.2. The van der Waals surface area contributed by atoms with E-state index in [1.807, 2.05) is 13.8 Å². The summed E-state index contributed by atoms with van der Waals surface area (Å²) in [7, 11) is 0. The van der Waals surface area contributed by atoms with Gasteiger partial charge in [-0.05, 0) is 46.1 Å². The van der Waals surface area contributed by atoms with Crippen molar-refractivity contribution in [2.24, 2.45) is 0 Å². The molecule has 1 aromatic rings. The van der Waals surface area contributed by atoms with Crippen molar-refractivity contribution in [3.63, 3.8) is 0 Å². The molecule has 1 aromatic heterocycles. The minimum atomic E-state index is -0.391. The fourth-order valence-corrected chi connectivity index (χ4v) is 2.31. The maximum Gasteiger partial charge on any atom is 0.340 e. The van der Waals surface area contributed by atoms with Crippen molar-refractivity contribution in [2.75, 3.05) is 0 Å². The highest BCUT2D eigenvalue weighted by atomic mass is 16.5. The van der Waals surface area contributed by atoms with Gasteiger partial charge >= 0.3 is 5.97 Å². The van der Waals surface area contributed by atoms with Gasteiger partial charge in [0.1, 0.15) is 5.69 Å². The molecular weight excluding hydrogens is 268 g/mol. The van der Waals surface area contributed by atoms with Gasteiger partial charge in [0.05, 0.1) is 11.7 Å². The Morgan fingerprint density at radius 3 is 2.24 bits per heavy atom. The lowest BCUT2D eigenvalue weighted by atomic mass is 10.1. The summed E-state index contributed by atoms with van der Waals surface area (Å²) in [4.78, 5) is 27.4. The lowest BCUT2D eigenvalue weighted by Gasteiger charge is -2.14. The zero-order valence-electron chi connectivity index (χ0n) is 13.8. The van der Waals surface area contributed by atoms with Gasteiger partial charge in [-0.25, -0.2) is 4.79 Å². The smallest absolute Gasteiger partial charge is 0.340 e. The monoisotopic (exact) mass is 294 g/mol. The number of rotatable bonds is 6. The Hall–Kier alpha value is -1.78. The molecule has 0 aliphatic carbocycles. The van der Waals surface area contributed by atoms with Crippen LogP contribution < -0.4 is 5.32 Å². The van der Waals surface area contributed by atoms with Crippen LogP contribution in [-0.2, 0) is 4.74 Å². The molecule has 1 amide bonds. The van der Waals surface area contributed by atoms with Crippen molar-refractivity contribution in [2.45, 2.75) is 66.5 Å². The Morgan fingerprint density at radius 2 is 1.76 bits per heavy atom. The quantitative estimate of drug-likeness (QED) is 0.792. The minimum Gasteiger partial charge on any atom is -0.459 e. The second-order valence-corrected chi connectivity index (χ2v) is 5.57. The number of aryl methyl sites for hydroxylation is 1. The summed E-state index contributed by atoms with van der Waals surface area (Å²) in [5.74, 6) is -0.564. The highest BCUT2D eigenvalue weighted by molar-refractivity contribution is 6.00. The van der Waals surface area contributed by atoms with Gasteiger partial charge in [0, 0.05) is 11.7 Å². The maximum absolute atomic E-state index is 12.3. The largest absolute Gasteiger partial charge is 0.459 e. The predicted octanol–water partition coefficient (Wildman–Crippen LogP) is 3.12. The van der Waals surface area contributed by atoms with Crippen LogP contribution in [0.3, 0.4) is 0 Å². The van der Waals surface area contributed by atoms with E-state index < -0.39 is 5.97 Å². The standard InChI is InChI=1S/C16H26N2O3/c1-7-12(8-2)18-15(19)14-10(5)13(11(6)17-14)16(20)21-9(3)4/h9,12,17H,7-8H2,1-6H3,(H,18,19). The number of esters is 1. The van der Waals surface area contributed by atoms with Crippen LogP contribution in [0.5, 0.6) is 0 Å². The van der Waals surface area contributed by atoms with Gasteiger partial charge in [0.25, 0.3) is 5.91 Å². The van der Waals surface area contributed by atoms with Crippen LogP contribution in [0.4, 0.5) is 0 Å². The molecule has 0 spiro atoms. The number of aromatic nitrogens is 1. The molecule has 5 nitrogen and oxygen atoms in total. The average Bonchev–Trinajstić information content (AvgIpc) is 2.70. The Kier molecular flexibility index (Phi) is 6.00. The van der Waals surface area contributed by atoms with E-state index >= 15 is 0 Å². The topological polar surface area (TPSA) is 71.2 Å². The fraction of sp³-hybridized carbons (Fsp3) is 0.625. The van der Waals surface area contributed by atoms with Crippen molar-refractivity contribution < 1.29 is 14.3 Å². The second-order valence-electron chi connectivity index (χ2n) is 5.57. The average molecular weight is 294 g/mol. The van der Waals surface area contributed by atoms with E-state index in [1.54, 1.807) is 27.7 Å². The number of hydrogen-bond donors (Lipinski definition) is 2. The van der Waals surface area contributed by atoms with E-state index in [4.69, 9.17) is 4.74 Å². The minimum absolute atomic E-state index is 0.145. The number of hydrogen-bond acceptors (Lipinski definition) is 3. The second kappa shape index (κ2) is 7.29. The van der Waals surface area contributed by atoms with Crippen molar-refractivity contribution in [3.05, 3.63) is 22.5 Å². The molecule has 0 atom stereocenters. The molecule has 0 unspecified atom stereocenters. The number of aromatic amines is 1. The Labute approximate surface area is 126 Å². The lowest BCUT2D eigenvalue weighted by molar-refractivity contribution is 0.0376. The molecule has 0 bridgehead atoms. The van der Waals surface area contributed by atoms with Crippen molar-refractivity contribution >= 4 is 11.9 Å². The number of carbonyl (C=O) groups is 2. The molecule has 0 saturated heterocycles. The van der Waals surface area contributed by atoms with Crippen LogP contribution >= 0.6 is 0 Å². The van der Waals surface area contributed by atoms with Crippen molar-refractivity contribution in [3.8, 4) is 0 Å². The van der Waals surface area contributed by atoms with Crippen LogP contribution in [-0.4, -0.2) is 29.0 Å². The summed E-state index contributed by atoms with van der Waals surface area (Å²) < 4.78 is 5.22. The van der Waals surface area contributed by atoms with Crippen molar-refractivity contribution in [1.82, 2.24) is 10.3 Å². The lowest BCUT2D eigenvalue weighted by Crippen LogP contribution is -2.34. The molecule has 5 heteroatoms. The number of ether oxygens (including phenoxy) is 1. The summed E-state index contributed by atoms with van der Waals surface area (Å²) in [5.41, 5.74) is 2.20. The summed E-state index contributed by atoms with van der Waals surface area (Å²) in [5, 5.41) is 2.97. The van der Waals surface area contributed by atoms with E-state index in [2.05, 4.69) is 10.3 Å². The van der Waals surface area contributed by atoms with E-state index in [0.717, 1.165) is 12.8 Å². The highest BCUT2D eigenvalue weighted by Crippen LogP contribution is 2.20. The van der Waals surface area contributed by atoms with Gasteiger partial charge in [0.2, 0.25) is 0 Å². The number of amides is 1. The first kappa shape index (κ1) is 17.3. The third kappa shape index (κ3) is 4.09. The molecule has 0 radical (unpaired) electrons. The van der Waals surface area contributed by atoms with Crippen LogP contribution in [0.2, 0.25) is 0 Å². The van der Waals surface area contributed by atoms with Crippen LogP contribution in [0, 0.1) is 13.8 Å². The first-order chi connectivity index (χ1) is 9.81. The number of nitrogens with one attached hydrogen (secondary N) is 2. The molecule has 1 heterocycles. The molecule has 0 saturated carbocycles. The first-order valence-corrected chi connectivity index (χ1v) is 7.52. The molecule has 0 aromatic carbocycles. The normalized spacial score (nSPS) is 11.0. The Balaban J connectivity index is 3.01. The first-order valence-electron chi connectivity index (χ1n) is 7.52. The SMILES string of the molecule is CCC(CC)NC(=O)c1[nH]c(C)c(C(=O)OC(C)C)c1C. The molecule has 0 fully saturated rings. The maximum atomic E-state index is 12.3. The molecular formula is C16H26N2O3. The van der Waals surface area contributed by atoms with Gasteiger partial charge in [-0.3, -0.25) is 4.79 Å². The molecule has 0 aliphatic heterocycles. The Morgan fingerprint density at radius 1 is 1.19 bits per heavy atom. The van der Waals surface area contributed by atoms with Gasteiger partial charge in [-0.2, -0.15) is 0 Å². The Bertz CT molecular complexity index is 514. The highest BCUT2D eigenvalue weighted by Gasteiger charge is 2.24. The van der Waals surface area contributed by atoms with E-state index in [1.165, 1.54) is 0 Å². The van der Waals surface area contributed by atoms with E-state index in [-0.39, 0.29) is 18.1 Å². The third-order valence-electron chi connectivity index (χ3n) is 3.53. The van der Waals surface area contributed by atoms with Crippen LogP contribution in [0.1, 0.15) is 72.6 Å². The van der Waals surface area contributed by atoms with E-state index in [9.17, 15) is 9.59 Å². The van der Waals surface area contributed by atoms with Gasteiger partial charge in [-0.1, -0.05) is 13.8 Å². The predicted molar refractivity (Wildman–Crippen MR) is 82.7 cm³/mol. The molecule has 1 rings (SSSR count). The van der Waals surface area contributed by atoms with Crippen molar-refractivity contribution in [1.29, 1.82) is 0 Å². The zero-order valence-corrected chi connectivity index (χ0v) is 13.8. The molecule has 118 valence electrons. The summed E-state index contributed by atoms with van der Waals surface area (Å²) >= 11 is 0. The van der Waals surface area contributed by atoms with Gasteiger partial charge in [0.15, 0.2) is 0 Å². The van der Waals surface area contributed by atoms with E-state index in [0.29, 0.717) is 22.5 Å². The summed E-state index contributed by atoms with van der Waals surface area (Å²) in [6, 6.07) is 0.145. The van der Waals surface area contributed by atoms with Crippen LogP contribution in [0.25, 0.3) is 0 Å². The summed E-state index contributed by atoms with van der Waals surface area (Å²) in [6.07, 6.45) is 1.57. The molecule has 21 heavy (non-hydrogen) atoms.